The summed E-state index contributed by atoms with van der Waals surface area (Å²) in [6.45, 7) is 10.6. The Morgan fingerprint density at radius 2 is 1.67 bits per heavy atom. The summed E-state index contributed by atoms with van der Waals surface area (Å²) in [5.41, 5.74) is 0.642. The van der Waals surface area contributed by atoms with Gasteiger partial charge in [0.25, 0.3) is 0 Å². The van der Waals surface area contributed by atoms with Crippen molar-refractivity contribution in [3.63, 3.8) is 0 Å². The molecule has 1 heterocycles. The number of ether oxygens (including phenoxy) is 1. The summed E-state index contributed by atoms with van der Waals surface area (Å²) in [6, 6.07) is 17.6. The molecule has 1 saturated heterocycles. The summed E-state index contributed by atoms with van der Waals surface area (Å²) in [5, 5.41) is 12.9. The molecule has 0 radical (unpaired) electrons. The zero-order valence-corrected chi connectivity index (χ0v) is 32.3. The molecular weight excluding hydrogens is 713 g/mol. The average Bonchev–Trinajstić information content (AvgIpc) is 3.05. The quantitative estimate of drug-likeness (QED) is 0.134. The number of carboxylic acid groups (broad SMARTS) is 1. The smallest absolute Gasteiger partial charge is 0.335 e. The molecule has 10 nitrogen and oxygen atoms in total. The number of hydrogen-bond acceptors (Lipinski definition) is 6. The molecule has 0 unspecified atom stereocenters. The summed E-state index contributed by atoms with van der Waals surface area (Å²) < 4.78 is 22.6. The number of benzene rings is 3. The highest BCUT2D eigenvalue weighted by molar-refractivity contribution is 8.02. The number of carbonyl (C=O) groups excluding carboxylic acids is 3. The summed E-state index contributed by atoms with van der Waals surface area (Å²) in [7, 11) is -2.01. The number of nitrogens with zero attached hydrogens (tertiary/aromatic N) is 1. The summed E-state index contributed by atoms with van der Waals surface area (Å²) in [5.74, 6) is -2.74. The number of rotatable bonds is 13. The molecule has 51 heavy (non-hydrogen) atoms. The van der Waals surface area contributed by atoms with Gasteiger partial charge in [-0.15, -0.1) is 0 Å². The number of carboxylic acids is 1. The van der Waals surface area contributed by atoms with Crippen LogP contribution in [-0.4, -0.2) is 62.1 Å². The van der Waals surface area contributed by atoms with E-state index >= 15 is 4.79 Å². The SMILES string of the molecule is COc1cc(C(=O)O)ccc1NC(=O)C[C@@]1(C)C[C@H](c2cccc(Cl)c2)[C@@H](c2ccc(Cl)cc2)N([C@H](C[SH](=O)(NC(C)=O)C(C)C)C(C)C)C1=O. The number of hydrogen-bond donors (Lipinski definition) is 4. The third kappa shape index (κ3) is 9.12. The van der Waals surface area contributed by atoms with Crippen LogP contribution in [0.4, 0.5) is 5.69 Å². The molecule has 4 atom stereocenters. The Morgan fingerprint density at radius 3 is 2.22 bits per heavy atom. The van der Waals surface area contributed by atoms with Crippen LogP contribution in [-0.2, 0) is 24.5 Å². The highest BCUT2D eigenvalue weighted by Crippen LogP contribution is 2.53. The van der Waals surface area contributed by atoms with Crippen molar-refractivity contribution in [1.29, 1.82) is 0 Å². The topological polar surface area (TPSA) is 142 Å². The molecule has 1 fully saturated rings. The molecule has 3 N–H and O–H groups in total. The normalized spacial score (nSPS) is 20.2. The lowest BCUT2D eigenvalue weighted by Gasteiger charge is -2.53. The molecule has 13 heteroatoms. The number of anilines is 1. The zero-order valence-electron chi connectivity index (χ0n) is 29.9. The van der Waals surface area contributed by atoms with Crippen LogP contribution in [0.1, 0.15) is 87.8 Å². The van der Waals surface area contributed by atoms with Gasteiger partial charge < -0.3 is 20.1 Å². The summed E-state index contributed by atoms with van der Waals surface area (Å²) >= 11 is 12.9. The minimum Gasteiger partial charge on any atom is -0.495 e. The van der Waals surface area contributed by atoms with Crippen molar-refractivity contribution in [2.45, 2.75) is 77.6 Å². The number of nitrogens with one attached hydrogen (secondary N) is 2. The molecule has 0 bridgehead atoms. The van der Waals surface area contributed by atoms with Crippen molar-refractivity contribution in [2.24, 2.45) is 11.3 Å². The van der Waals surface area contributed by atoms with E-state index in [-0.39, 0.29) is 53.3 Å². The van der Waals surface area contributed by atoms with Gasteiger partial charge in [-0.05, 0) is 76.0 Å². The van der Waals surface area contributed by atoms with Gasteiger partial charge in [0.1, 0.15) is 5.75 Å². The molecule has 0 aliphatic carbocycles. The van der Waals surface area contributed by atoms with Gasteiger partial charge in [0, 0.05) is 46.4 Å². The predicted octanol–water partition coefficient (Wildman–Crippen LogP) is 7.29. The van der Waals surface area contributed by atoms with Gasteiger partial charge >= 0.3 is 5.97 Å². The maximum absolute atomic E-state index is 15.2. The number of carbonyl (C=O) groups is 4. The first kappa shape index (κ1) is 39.8. The van der Waals surface area contributed by atoms with E-state index in [9.17, 15) is 23.7 Å². The number of thiol groups is 1. The Kier molecular flexibility index (Phi) is 12.6. The first-order valence-corrected chi connectivity index (χ1v) is 19.5. The Bertz CT molecular complexity index is 1830. The third-order valence-corrected chi connectivity index (χ3v) is 13.4. The molecule has 0 aromatic heterocycles. The Morgan fingerprint density at radius 1 is 1.00 bits per heavy atom. The van der Waals surface area contributed by atoms with Crippen LogP contribution in [0.2, 0.25) is 10.0 Å². The first-order valence-electron chi connectivity index (χ1n) is 16.8. The molecule has 1 aliphatic rings. The second-order valence-corrected chi connectivity index (χ2v) is 18.2. The van der Waals surface area contributed by atoms with Crippen molar-refractivity contribution >= 4 is 62.7 Å². The lowest BCUT2D eigenvalue weighted by molar-refractivity contribution is -0.157. The molecule has 276 valence electrons. The van der Waals surface area contributed by atoms with Crippen molar-refractivity contribution in [3.8, 4) is 5.75 Å². The van der Waals surface area contributed by atoms with Crippen LogP contribution < -0.4 is 14.8 Å². The number of amides is 3. The van der Waals surface area contributed by atoms with Crippen LogP contribution in [0.15, 0.2) is 66.7 Å². The molecule has 1 aliphatic heterocycles. The number of halogens is 2. The lowest BCUT2D eigenvalue weighted by Crippen LogP contribution is -2.61. The number of methoxy groups -OCH3 is 1. The van der Waals surface area contributed by atoms with Gasteiger partial charge in [-0.1, -0.05) is 82.1 Å². The fourth-order valence-corrected chi connectivity index (χ4v) is 9.72. The maximum Gasteiger partial charge on any atom is 0.335 e. The van der Waals surface area contributed by atoms with E-state index in [4.69, 9.17) is 27.9 Å². The minimum absolute atomic E-state index is 0.00908. The summed E-state index contributed by atoms with van der Waals surface area (Å²) in [6.07, 6.45) is 0.0335. The van der Waals surface area contributed by atoms with E-state index in [1.165, 1.54) is 32.2 Å². The number of piperidine rings is 1. The minimum atomic E-state index is -3.38. The van der Waals surface area contributed by atoms with E-state index in [0.717, 1.165) is 11.1 Å². The van der Waals surface area contributed by atoms with Crippen molar-refractivity contribution in [3.05, 3.63) is 93.5 Å². The van der Waals surface area contributed by atoms with Crippen molar-refractivity contribution in [1.82, 2.24) is 9.62 Å². The molecule has 0 spiro atoms. The van der Waals surface area contributed by atoms with Gasteiger partial charge in [-0.25, -0.2) is 4.79 Å². The highest BCUT2D eigenvalue weighted by atomic mass is 35.5. The molecular formula is C38H47Cl2N3O7S. The largest absolute Gasteiger partial charge is 0.495 e. The van der Waals surface area contributed by atoms with Gasteiger partial charge in [0.2, 0.25) is 17.7 Å². The third-order valence-electron chi connectivity index (χ3n) is 9.63. The van der Waals surface area contributed by atoms with Crippen LogP contribution in [0, 0.1) is 11.3 Å². The molecule has 3 aromatic carbocycles. The van der Waals surface area contributed by atoms with Gasteiger partial charge in [0.15, 0.2) is 0 Å². The Balaban J connectivity index is 1.89. The van der Waals surface area contributed by atoms with E-state index < -0.39 is 50.7 Å². The number of likely N-dealkylation sites (tertiary alicyclic amines) is 1. The van der Waals surface area contributed by atoms with Gasteiger partial charge in [-0.2, -0.15) is 0 Å². The lowest BCUT2D eigenvalue weighted by atomic mass is 9.66. The average molecular weight is 761 g/mol. The molecule has 4 rings (SSSR count). The maximum atomic E-state index is 15.2. The number of aromatic carboxylic acids is 1. The van der Waals surface area contributed by atoms with E-state index in [2.05, 4.69) is 10.0 Å². The van der Waals surface area contributed by atoms with Gasteiger partial charge in [-0.3, -0.25) is 23.3 Å². The molecule has 3 aromatic rings. The van der Waals surface area contributed by atoms with Crippen molar-refractivity contribution in [2.75, 3.05) is 18.2 Å². The Hall–Kier alpha value is -3.93. The van der Waals surface area contributed by atoms with Gasteiger partial charge in [0.05, 0.1) is 29.8 Å². The fourth-order valence-electron chi connectivity index (χ4n) is 6.94. The van der Waals surface area contributed by atoms with E-state index in [0.29, 0.717) is 10.0 Å². The van der Waals surface area contributed by atoms with E-state index in [1.807, 2.05) is 44.2 Å². The van der Waals surface area contributed by atoms with Crippen LogP contribution >= 0.6 is 23.2 Å². The molecule has 3 amide bonds. The monoisotopic (exact) mass is 759 g/mol. The second-order valence-electron chi connectivity index (χ2n) is 14.1. The van der Waals surface area contributed by atoms with Crippen molar-refractivity contribution < 1.29 is 33.2 Å². The van der Waals surface area contributed by atoms with Crippen LogP contribution in [0.5, 0.6) is 5.75 Å². The predicted molar refractivity (Wildman–Crippen MR) is 203 cm³/mol. The fraction of sp³-hybridized carbons (Fsp3) is 0.421. The second kappa shape index (κ2) is 16.2. The molecule has 0 saturated carbocycles. The van der Waals surface area contributed by atoms with Crippen LogP contribution in [0.25, 0.3) is 0 Å². The first-order chi connectivity index (χ1) is 23.9. The summed E-state index contributed by atoms with van der Waals surface area (Å²) in [4.78, 5) is 54.8. The van der Waals surface area contributed by atoms with E-state index in [1.54, 1.807) is 43.9 Å². The zero-order chi connectivity index (χ0) is 37.8. The standard InChI is InChI=1S/C38H47Cl2N3O7S/c1-22(2)32(21-51(49,23(3)4)42-24(5)44)43-35(25-11-14-28(39)15-12-25)30(26-9-8-10-29(40)17-26)19-38(6,37(43)48)20-34(45)41-31-16-13-27(36(46)47)18-33(31)50-7/h8-18,22-23,30,32,35,51H,19-21H2,1-7H3,(H,41,45)(H,46,47)(H,42,44,49)/t30-,32-,35-,38-/m1/s1. The Labute approximate surface area is 310 Å². The van der Waals surface area contributed by atoms with Crippen LogP contribution in [0.3, 0.4) is 0 Å². The highest BCUT2D eigenvalue weighted by Gasteiger charge is 2.53.